The van der Waals surface area contributed by atoms with Gasteiger partial charge in [-0.1, -0.05) is 136 Å². The van der Waals surface area contributed by atoms with Crippen molar-refractivity contribution in [2.24, 2.45) is 0 Å². The molecule has 3 atom stereocenters. The fraction of sp³-hybridized carbons (Fsp3) is 0.587. The van der Waals surface area contributed by atoms with Gasteiger partial charge in [-0.15, -0.1) is 0 Å². The summed E-state index contributed by atoms with van der Waals surface area (Å²) in [6.45, 7) is 3.13. The van der Waals surface area contributed by atoms with E-state index in [4.69, 9.17) is 23.6 Å². The lowest BCUT2D eigenvalue weighted by atomic mass is 10.1. The summed E-state index contributed by atoms with van der Waals surface area (Å²) in [6.07, 6.45) is 53.4. The average Bonchev–Trinajstić information content (AvgIpc) is 3.19. The topological polar surface area (TPSA) is 132 Å². The summed E-state index contributed by atoms with van der Waals surface area (Å²) in [5.41, 5.74) is 0. The Morgan fingerprint density at radius 2 is 0.964 bits per heavy atom. The first-order valence-electron chi connectivity index (χ1n) is 20.9. The van der Waals surface area contributed by atoms with Crippen LogP contribution in [0.1, 0.15) is 129 Å². The van der Waals surface area contributed by atoms with Gasteiger partial charge < -0.3 is 24.6 Å². The highest BCUT2D eigenvalue weighted by Crippen LogP contribution is 2.43. The van der Waals surface area contributed by atoms with E-state index in [1.165, 1.54) is 0 Å². The Morgan fingerprint density at radius 3 is 1.43 bits per heavy atom. The molecule has 10 heteroatoms. The predicted octanol–water partition coefficient (Wildman–Crippen LogP) is 11.5. The van der Waals surface area contributed by atoms with Crippen LogP contribution in [0.25, 0.3) is 0 Å². The van der Waals surface area contributed by atoms with Gasteiger partial charge >= 0.3 is 13.8 Å². The van der Waals surface area contributed by atoms with Gasteiger partial charge in [0.05, 0.1) is 26.4 Å². The molecule has 3 unspecified atom stereocenters. The zero-order valence-electron chi connectivity index (χ0n) is 34.5. The maximum absolute atomic E-state index is 12.6. The lowest BCUT2D eigenvalue weighted by Crippen LogP contribution is -2.29. The van der Waals surface area contributed by atoms with E-state index in [0.717, 1.165) is 103 Å². The molecule has 0 aliphatic heterocycles. The van der Waals surface area contributed by atoms with Crippen LogP contribution in [0.4, 0.5) is 0 Å². The number of ether oxygens (including phenoxy) is 2. The molecule has 0 aromatic rings. The normalized spacial score (nSPS) is 15.2. The van der Waals surface area contributed by atoms with Crippen LogP contribution >= 0.6 is 7.82 Å². The molecule has 0 heterocycles. The summed E-state index contributed by atoms with van der Waals surface area (Å²) in [7, 11) is -4.54. The molecular weight excluding hydrogens is 727 g/mol. The second-order valence-corrected chi connectivity index (χ2v) is 14.7. The van der Waals surface area contributed by atoms with Gasteiger partial charge in [0.25, 0.3) is 0 Å². The second-order valence-electron chi connectivity index (χ2n) is 13.2. The monoisotopic (exact) mass is 803 g/mol. The van der Waals surface area contributed by atoms with Crippen LogP contribution in [-0.4, -0.2) is 66.3 Å². The number of phosphoric ester groups is 1. The van der Waals surface area contributed by atoms with Crippen LogP contribution in [0, 0.1) is 0 Å². The molecule has 0 aromatic carbocycles. The van der Waals surface area contributed by atoms with Gasteiger partial charge in [0.15, 0.2) is 0 Å². The number of hydrogen-bond donors (Lipinski definition) is 3. The molecule has 0 spiro atoms. The van der Waals surface area contributed by atoms with E-state index >= 15 is 0 Å². The second kappa shape index (κ2) is 41.7. The van der Waals surface area contributed by atoms with Gasteiger partial charge in [0, 0.05) is 13.0 Å². The molecule has 0 rings (SSSR count). The Morgan fingerprint density at radius 1 is 0.554 bits per heavy atom. The standard InChI is InChI=1S/C46H75O9P/c1-3-5-7-9-11-13-15-17-19-20-21-22-23-24-25-26-28-30-32-34-36-38-46(49)55-45(43-54-56(50,51)53-41-44(48)40-47)42-52-39-37-35-33-31-29-27-18-16-14-12-10-8-6-4-2/h5-8,11-14,17-19,21-22,24-25,27-28,30,44-45,47-48H,3-4,9-10,15-16,20,23,26,29,31-43H2,1-2H3,(H,50,51)/b7-5-,8-6-,13-11-,14-12-,19-17-,22-21-,25-24-,27-18-,30-28-. The Kier molecular flexibility index (Phi) is 39.6. The molecule has 0 saturated carbocycles. The van der Waals surface area contributed by atoms with Crippen LogP contribution in [0.3, 0.4) is 0 Å². The Labute approximate surface area is 340 Å². The van der Waals surface area contributed by atoms with Crippen molar-refractivity contribution >= 4 is 13.8 Å². The summed E-state index contributed by atoms with van der Waals surface area (Å²) >= 11 is 0. The summed E-state index contributed by atoms with van der Waals surface area (Å²) in [5, 5.41) is 18.3. The number of hydrogen-bond acceptors (Lipinski definition) is 8. The Hall–Kier alpha value is -2.88. The van der Waals surface area contributed by atoms with Crippen molar-refractivity contribution in [3.8, 4) is 0 Å². The molecule has 0 amide bonds. The highest BCUT2D eigenvalue weighted by atomic mass is 31.2. The molecule has 0 bridgehead atoms. The number of rotatable bonds is 38. The number of aliphatic hydroxyl groups excluding tert-OH is 2. The maximum atomic E-state index is 12.6. The summed E-state index contributed by atoms with van der Waals surface area (Å²) < 4.78 is 33.2. The van der Waals surface area contributed by atoms with Crippen molar-refractivity contribution < 1.29 is 43.0 Å². The van der Waals surface area contributed by atoms with Gasteiger partial charge in [0.2, 0.25) is 0 Å². The number of phosphoric acid groups is 1. The molecule has 3 N–H and O–H groups in total. The maximum Gasteiger partial charge on any atom is 0.472 e. The summed E-state index contributed by atoms with van der Waals surface area (Å²) in [5.74, 6) is -0.439. The van der Waals surface area contributed by atoms with Crippen LogP contribution in [-0.2, 0) is 27.9 Å². The van der Waals surface area contributed by atoms with E-state index in [0.29, 0.717) is 13.0 Å². The van der Waals surface area contributed by atoms with Gasteiger partial charge in [-0.05, 0) is 96.3 Å². The number of carbonyl (C=O) groups is 1. The third kappa shape index (κ3) is 40.8. The van der Waals surface area contributed by atoms with Crippen molar-refractivity contribution in [3.63, 3.8) is 0 Å². The quantitative estimate of drug-likeness (QED) is 0.0241. The van der Waals surface area contributed by atoms with E-state index < -0.39 is 45.8 Å². The van der Waals surface area contributed by atoms with E-state index in [1.807, 2.05) is 0 Å². The minimum absolute atomic E-state index is 0.00797. The van der Waals surface area contributed by atoms with Crippen LogP contribution in [0.5, 0.6) is 0 Å². The van der Waals surface area contributed by atoms with Crippen molar-refractivity contribution in [3.05, 3.63) is 109 Å². The number of carbonyl (C=O) groups excluding carboxylic acids is 1. The van der Waals surface area contributed by atoms with Crippen LogP contribution < -0.4 is 0 Å². The molecule has 0 aliphatic rings. The lowest BCUT2D eigenvalue weighted by molar-refractivity contribution is -0.154. The fourth-order valence-electron chi connectivity index (χ4n) is 4.84. The van der Waals surface area contributed by atoms with Crippen molar-refractivity contribution in [2.45, 2.75) is 142 Å². The van der Waals surface area contributed by atoms with Crippen molar-refractivity contribution in [1.29, 1.82) is 0 Å². The van der Waals surface area contributed by atoms with Gasteiger partial charge in [-0.25, -0.2) is 4.57 Å². The first-order chi connectivity index (χ1) is 27.3. The van der Waals surface area contributed by atoms with Gasteiger partial charge in [-0.2, -0.15) is 0 Å². The van der Waals surface area contributed by atoms with E-state index in [-0.39, 0.29) is 13.0 Å². The minimum Gasteiger partial charge on any atom is -0.457 e. The van der Waals surface area contributed by atoms with Crippen LogP contribution in [0.2, 0.25) is 0 Å². The highest BCUT2D eigenvalue weighted by molar-refractivity contribution is 7.47. The average molecular weight is 803 g/mol. The number of aliphatic hydroxyl groups is 2. The zero-order valence-corrected chi connectivity index (χ0v) is 35.4. The molecule has 0 saturated heterocycles. The zero-order chi connectivity index (χ0) is 41.1. The molecule has 56 heavy (non-hydrogen) atoms. The summed E-state index contributed by atoms with van der Waals surface area (Å²) in [4.78, 5) is 22.5. The summed E-state index contributed by atoms with van der Waals surface area (Å²) in [6, 6.07) is 0. The lowest BCUT2D eigenvalue weighted by Gasteiger charge is -2.20. The minimum atomic E-state index is -4.54. The van der Waals surface area contributed by atoms with Gasteiger partial charge in [0.1, 0.15) is 12.2 Å². The SMILES string of the molecule is CC/C=C\C/C=C\C/C=C\C/C=C\C/C=C\C/C=C\CCCCC(=O)OC(COCCCCCC/C=C\C/C=C\C/C=C\CC)COP(=O)(O)OCC(O)CO. The molecule has 0 aliphatic carbocycles. The molecule has 318 valence electrons. The molecular formula is C46H75O9P. The molecule has 0 radical (unpaired) electrons. The number of allylic oxidation sites excluding steroid dienone is 18. The van der Waals surface area contributed by atoms with E-state index in [9.17, 15) is 19.4 Å². The first-order valence-corrected chi connectivity index (χ1v) is 22.4. The van der Waals surface area contributed by atoms with E-state index in [2.05, 4.69) is 123 Å². The predicted molar refractivity (Wildman–Crippen MR) is 232 cm³/mol. The number of unbranched alkanes of at least 4 members (excludes halogenated alkanes) is 6. The smallest absolute Gasteiger partial charge is 0.457 e. The highest BCUT2D eigenvalue weighted by Gasteiger charge is 2.26. The van der Waals surface area contributed by atoms with Crippen molar-refractivity contribution in [2.75, 3.05) is 33.0 Å². The molecule has 0 aromatic heterocycles. The van der Waals surface area contributed by atoms with Crippen molar-refractivity contribution in [1.82, 2.24) is 0 Å². The molecule has 0 fully saturated rings. The largest absolute Gasteiger partial charge is 0.472 e. The Balaban J connectivity index is 4.35. The fourth-order valence-corrected chi connectivity index (χ4v) is 5.63. The third-order valence-corrected chi connectivity index (χ3v) is 8.90. The first kappa shape index (κ1) is 53.1. The van der Waals surface area contributed by atoms with Crippen LogP contribution in [0.15, 0.2) is 109 Å². The molecule has 9 nitrogen and oxygen atoms in total. The Bertz CT molecular complexity index is 1230. The third-order valence-electron chi connectivity index (χ3n) is 7.95. The van der Waals surface area contributed by atoms with E-state index in [1.54, 1.807) is 0 Å². The number of esters is 1. The van der Waals surface area contributed by atoms with Gasteiger partial charge in [-0.3, -0.25) is 13.8 Å².